The van der Waals surface area contributed by atoms with Crippen LogP contribution in [0.5, 0.6) is 0 Å². The second-order valence-corrected chi connectivity index (χ2v) is 7.44. The average molecular weight is 372 g/mol. The minimum Gasteiger partial charge on any atom is -0.336 e. The van der Waals surface area contributed by atoms with Gasteiger partial charge in [0.1, 0.15) is 5.82 Å². The summed E-state index contributed by atoms with van der Waals surface area (Å²) in [5, 5.41) is 10.5. The van der Waals surface area contributed by atoms with Crippen LogP contribution < -0.4 is 10.0 Å². The number of hydrogen-bond donors (Lipinski definition) is 2. The Morgan fingerprint density at radius 2 is 1.58 bits per heavy atom. The third-order valence-electron chi connectivity index (χ3n) is 3.83. The topological polar surface area (TPSA) is 84.0 Å². The monoisotopic (exact) mass is 372 g/mol. The first-order chi connectivity index (χ1) is 12.3. The number of hydrogen-bond acceptors (Lipinski definition) is 5. The molecule has 0 fully saturated rings. The van der Waals surface area contributed by atoms with Crippen molar-refractivity contribution in [2.45, 2.75) is 18.7 Å². The highest BCUT2D eigenvalue weighted by Gasteiger charge is 2.16. The Balaban J connectivity index is 1.76. The summed E-state index contributed by atoms with van der Waals surface area (Å²) < 4.78 is 40.9. The highest BCUT2D eigenvalue weighted by atomic mass is 32.2. The molecule has 2 aromatic carbocycles. The molecule has 0 aliphatic carbocycles. The molecule has 0 bridgehead atoms. The van der Waals surface area contributed by atoms with Crippen LogP contribution in [0.1, 0.15) is 11.1 Å². The molecular weight excluding hydrogens is 355 g/mol. The maximum atomic E-state index is 13.6. The van der Waals surface area contributed by atoms with Gasteiger partial charge in [0.15, 0.2) is 11.6 Å². The van der Waals surface area contributed by atoms with Gasteiger partial charge in [0, 0.05) is 0 Å². The highest BCUT2D eigenvalue weighted by Crippen LogP contribution is 2.20. The molecule has 26 heavy (non-hydrogen) atoms. The van der Waals surface area contributed by atoms with Crippen molar-refractivity contribution in [1.82, 2.24) is 10.2 Å². The van der Waals surface area contributed by atoms with E-state index in [1.807, 2.05) is 13.8 Å². The largest absolute Gasteiger partial charge is 0.336 e. The van der Waals surface area contributed by atoms with Crippen molar-refractivity contribution in [1.29, 1.82) is 0 Å². The molecule has 6 nitrogen and oxygen atoms in total. The van der Waals surface area contributed by atoms with Crippen LogP contribution in [0.3, 0.4) is 0 Å². The van der Waals surface area contributed by atoms with Crippen LogP contribution in [0.25, 0.3) is 0 Å². The van der Waals surface area contributed by atoms with E-state index in [0.717, 1.165) is 11.1 Å². The van der Waals surface area contributed by atoms with Crippen LogP contribution in [0.4, 0.5) is 21.7 Å². The van der Waals surface area contributed by atoms with E-state index in [9.17, 15) is 12.8 Å². The van der Waals surface area contributed by atoms with Gasteiger partial charge in [-0.15, -0.1) is 10.2 Å². The standard InChI is InChI=1S/C18H17FN4O2S/c1-12-7-8-14(11-13(12)2)26(24,25)23-18-10-9-17(21-22-18)20-16-6-4-3-5-15(16)19/h3-11H,1-2H3,(H,20,21)(H,22,23). The molecule has 1 aromatic heterocycles. The second-order valence-electron chi connectivity index (χ2n) is 5.76. The van der Waals surface area contributed by atoms with Gasteiger partial charge in [-0.25, -0.2) is 12.8 Å². The molecule has 0 radical (unpaired) electrons. The molecule has 0 unspecified atom stereocenters. The van der Waals surface area contributed by atoms with E-state index in [2.05, 4.69) is 20.2 Å². The Morgan fingerprint density at radius 1 is 0.885 bits per heavy atom. The van der Waals surface area contributed by atoms with Crippen molar-refractivity contribution in [3.63, 3.8) is 0 Å². The molecule has 3 aromatic rings. The minimum atomic E-state index is -3.76. The fraction of sp³-hybridized carbons (Fsp3) is 0.111. The number of para-hydroxylation sites is 1. The smallest absolute Gasteiger partial charge is 0.263 e. The maximum absolute atomic E-state index is 13.6. The summed E-state index contributed by atoms with van der Waals surface area (Å²) in [6.07, 6.45) is 0. The number of aryl methyl sites for hydroxylation is 2. The molecule has 0 aliphatic heterocycles. The zero-order valence-electron chi connectivity index (χ0n) is 14.2. The molecule has 134 valence electrons. The number of anilines is 3. The Bertz CT molecular complexity index is 1040. The third kappa shape index (κ3) is 3.97. The Labute approximate surface area is 151 Å². The number of nitrogens with zero attached hydrogens (tertiary/aromatic N) is 2. The molecule has 0 aliphatic rings. The van der Waals surface area contributed by atoms with E-state index < -0.39 is 15.8 Å². The molecular formula is C18H17FN4O2S. The summed E-state index contributed by atoms with van der Waals surface area (Å²) in [7, 11) is -3.76. The van der Waals surface area contributed by atoms with Crippen LogP contribution in [0.2, 0.25) is 0 Å². The first-order valence-electron chi connectivity index (χ1n) is 7.80. The van der Waals surface area contributed by atoms with E-state index in [1.54, 1.807) is 30.3 Å². The van der Waals surface area contributed by atoms with Crippen molar-refractivity contribution < 1.29 is 12.8 Å². The van der Waals surface area contributed by atoms with E-state index in [4.69, 9.17) is 0 Å². The number of rotatable bonds is 5. The lowest BCUT2D eigenvalue weighted by molar-refractivity contribution is 0.601. The lowest BCUT2D eigenvalue weighted by Gasteiger charge is -2.10. The first kappa shape index (κ1) is 17.8. The summed E-state index contributed by atoms with van der Waals surface area (Å²) in [5.74, 6) is -0.0552. The van der Waals surface area contributed by atoms with Crippen LogP contribution in [0.15, 0.2) is 59.5 Å². The molecule has 0 amide bonds. The summed E-state index contributed by atoms with van der Waals surface area (Å²) in [6.45, 7) is 3.75. The van der Waals surface area contributed by atoms with Gasteiger partial charge in [-0.1, -0.05) is 18.2 Å². The van der Waals surface area contributed by atoms with E-state index in [1.165, 1.54) is 24.3 Å². The van der Waals surface area contributed by atoms with Crippen molar-refractivity contribution >= 4 is 27.3 Å². The number of sulfonamides is 1. The zero-order chi connectivity index (χ0) is 18.7. The normalized spacial score (nSPS) is 11.2. The van der Waals surface area contributed by atoms with Gasteiger partial charge in [-0.3, -0.25) is 4.72 Å². The minimum absolute atomic E-state index is 0.0716. The number of aromatic nitrogens is 2. The van der Waals surface area contributed by atoms with Crippen molar-refractivity contribution in [2.24, 2.45) is 0 Å². The predicted octanol–water partition coefficient (Wildman–Crippen LogP) is 3.78. The molecule has 0 atom stereocenters. The zero-order valence-corrected chi connectivity index (χ0v) is 15.0. The maximum Gasteiger partial charge on any atom is 0.263 e. The highest BCUT2D eigenvalue weighted by molar-refractivity contribution is 7.92. The van der Waals surface area contributed by atoms with Gasteiger partial charge in [0.2, 0.25) is 0 Å². The summed E-state index contributed by atoms with van der Waals surface area (Å²) in [5.41, 5.74) is 2.14. The van der Waals surface area contributed by atoms with E-state index in [-0.39, 0.29) is 16.4 Å². The number of nitrogens with one attached hydrogen (secondary N) is 2. The van der Waals surface area contributed by atoms with Crippen molar-refractivity contribution in [2.75, 3.05) is 10.0 Å². The molecule has 0 spiro atoms. The fourth-order valence-electron chi connectivity index (χ4n) is 2.23. The average Bonchev–Trinajstić information content (AvgIpc) is 2.60. The Kier molecular flexibility index (Phi) is 4.85. The van der Waals surface area contributed by atoms with Crippen molar-refractivity contribution in [3.05, 3.63) is 71.5 Å². The SMILES string of the molecule is Cc1ccc(S(=O)(=O)Nc2ccc(Nc3ccccc3F)nn2)cc1C. The molecule has 8 heteroatoms. The van der Waals surface area contributed by atoms with Gasteiger partial charge in [-0.05, 0) is 61.4 Å². The Hall–Kier alpha value is -3.00. The van der Waals surface area contributed by atoms with Crippen molar-refractivity contribution in [3.8, 4) is 0 Å². The molecule has 0 saturated carbocycles. The molecule has 3 rings (SSSR count). The summed E-state index contributed by atoms with van der Waals surface area (Å²) in [6, 6.07) is 14.0. The quantitative estimate of drug-likeness (QED) is 0.712. The Morgan fingerprint density at radius 3 is 2.23 bits per heavy atom. The van der Waals surface area contributed by atoms with Crippen LogP contribution in [-0.4, -0.2) is 18.6 Å². The third-order valence-corrected chi connectivity index (χ3v) is 5.18. The van der Waals surface area contributed by atoms with E-state index >= 15 is 0 Å². The molecule has 2 N–H and O–H groups in total. The number of halogens is 1. The van der Waals surface area contributed by atoms with Gasteiger partial charge in [0.25, 0.3) is 10.0 Å². The van der Waals surface area contributed by atoms with Gasteiger partial charge >= 0.3 is 0 Å². The molecule has 0 saturated heterocycles. The lowest BCUT2D eigenvalue weighted by Crippen LogP contribution is -2.14. The lowest BCUT2D eigenvalue weighted by atomic mass is 10.1. The van der Waals surface area contributed by atoms with Gasteiger partial charge in [0.05, 0.1) is 10.6 Å². The second kappa shape index (κ2) is 7.09. The van der Waals surface area contributed by atoms with Gasteiger partial charge in [-0.2, -0.15) is 0 Å². The summed E-state index contributed by atoms with van der Waals surface area (Å²) >= 11 is 0. The number of benzene rings is 2. The van der Waals surface area contributed by atoms with Crippen LogP contribution in [0, 0.1) is 19.7 Å². The van der Waals surface area contributed by atoms with Crippen LogP contribution >= 0.6 is 0 Å². The van der Waals surface area contributed by atoms with E-state index in [0.29, 0.717) is 5.82 Å². The fourth-order valence-corrected chi connectivity index (χ4v) is 3.31. The van der Waals surface area contributed by atoms with Gasteiger partial charge < -0.3 is 5.32 Å². The first-order valence-corrected chi connectivity index (χ1v) is 9.29. The predicted molar refractivity (Wildman–Crippen MR) is 98.4 cm³/mol. The molecule has 1 heterocycles. The summed E-state index contributed by atoms with van der Waals surface area (Å²) in [4.78, 5) is 0.149. The van der Waals surface area contributed by atoms with Crippen LogP contribution in [-0.2, 0) is 10.0 Å².